The van der Waals surface area contributed by atoms with E-state index < -0.39 is 0 Å². The zero-order valence-electron chi connectivity index (χ0n) is 14.2. The molecule has 2 amide bonds. The summed E-state index contributed by atoms with van der Waals surface area (Å²) in [5.41, 5.74) is 2.69. The number of amides is 2. The smallest absolute Gasteiger partial charge is 0.315 e. The fraction of sp³-hybridized carbons (Fsp3) is 0.368. The van der Waals surface area contributed by atoms with Gasteiger partial charge in [-0.2, -0.15) is 0 Å². The molecule has 0 radical (unpaired) electrons. The van der Waals surface area contributed by atoms with E-state index in [2.05, 4.69) is 15.6 Å². The first kappa shape index (κ1) is 17.4. The number of halogens is 1. The van der Waals surface area contributed by atoms with Crippen LogP contribution in [0, 0.1) is 12.7 Å². The van der Waals surface area contributed by atoms with Crippen LogP contribution in [0.4, 0.5) is 9.18 Å². The van der Waals surface area contributed by atoms with Crippen LogP contribution in [-0.2, 0) is 11.3 Å². The lowest BCUT2D eigenvalue weighted by Gasteiger charge is -2.25. The average molecular weight is 343 g/mol. The molecule has 1 saturated heterocycles. The third-order valence-electron chi connectivity index (χ3n) is 4.28. The molecule has 1 fully saturated rings. The standard InChI is InChI=1S/C19H22FN3O2/c1-13-4-5-14(11-21-13)12-22-19(24)23-18(17-3-2-10-25-17)15-6-8-16(20)9-7-15/h4-9,11,17-18H,2-3,10,12H2,1H3,(H2,22,23,24). The molecule has 2 atom stereocenters. The summed E-state index contributed by atoms with van der Waals surface area (Å²) >= 11 is 0. The highest BCUT2D eigenvalue weighted by Gasteiger charge is 2.28. The minimum absolute atomic E-state index is 0.0998. The number of rotatable bonds is 5. The van der Waals surface area contributed by atoms with Crippen molar-refractivity contribution in [2.45, 2.75) is 38.5 Å². The minimum Gasteiger partial charge on any atom is -0.376 e. The maximum Gasteiger partial charge on any atom is 0.315 e. The highest BCUT2D eigenvalue weighted by molar-refractivity contribution is 5.74. The maximum absolute atomic E-state index is 13.2. The number of hydrogen-bond donors (Lipinski definition) is 2. The molecule has 2 heterocycles. The summed E-state index contributed by atoms with van der Waals surface area (Å²) < 4.78 is 18.9. The second kappa shape index (κ2) is 8.07. The first-order valence-electron chi connectivity index (χ1n) is 8.45. The number of benzene rings is 1. The first-order chi connectivity index (χ1) is 12.1. The molecule has 0 bridgehead atoms. The third kappa shape index (κ3) is 4.76. The molecule has 2 N–H and O–H groups in total. The Morgan fingerprint density at radius 2 is 2.12 bits per heavy atom. The number of nitrogens with one attached hydrogen (secondary N) is 2. The van der Waals surface area contributed by atoms with Crippen LogP contribution in [0.15, 0.2) is 42.6 Å². The average Bonchev–Trinajstić information content (AvgIpc) is 3.14. The number of aromatic nitrogens is 1. The van der Waals surface area contributed by atoms with E-state index in [1.54, 1.807) is 18.3 Å². The van der Waals surface area contributed by atoms with Crippen molar-refractivity contribution < 1.29 is 13.9 Å². The highest BCUT2D eigenvalue weighted by atomic mass is 19.1. The molecular formula is C19H22FN3O2. The number of carbonyl (C=O) groups excluding carboxylic acids is 1. The summed E-state index contributed by atoms with van der Waals surface area (Å²) in [5.74, 6) is -0.300. The molecule has 5 nitrogen and oxygen atoms in total. The van der Waals surface area contributed by atoms with Crippen molar-refractivity contribution in [3.8, 4) is 0 Å². The Hall–Kier alpha value is -2.47. The van der Waals surface area contributed by atoms with E-state index in [1.807, 2.05) is 19.1 Å². The van der Waals surface area contributed by atoms with Gasteiger partial charge in [0.15, 0.2) is 0 Å². The van der Waals surface area contributed by atoms with Crippen LogP contribution < -0.4 is 10.6 Å². The van der Waals surface area contributed by atoms with Crippen LogP contribution in [-0.4, -0.2) is 23.7 Å². The van der Waals surface area contributed by atoms with E-state index in [-0.39, 0.29) is 24.0 Å². The normalized spacial score (nSPS) is 17.9. The number of pyridine rings is 1. The van der Waals surface area contributed by atoms with Crippen LogP contribution in [0.5, 0.6) is 0 Å². The van der Waals surface area contributed by atoms with Crippen LogP contribution >= 0.6 is 0 Å². The molecule has 1 aromatic heterocycles. The lowest BCUT2D eigenvalue weighted by atomic mass is 9.99. The van der Waals surface area contributed by atoms with E-state index in [4.69, 9.17) is 4.74 Å². The fourth-order valence-corrected chi connectivity index (χ4v) is 2.90. The van der Waals surface area contributed by atoms with Crippen LogP contribution in [0.2, 0.25) is 0 Å². The first-order valence-corrected chi connectivity index (χ1v) is 8.45. The molecule has 6 heteroatoms. The maximum atomic E-state index is 13.2. The number of hydrogen-bond acceptors (Lipinski definition) is 3. The molecule has 1 aromatic carbocycles. The van der Waals surface area contributed by atoms with Gasteiger partial charge in [-0.05, 0) is 49.1 Å². The summed E-state index contributed by atoms with van der Waals surface area (Å²) in [4.78, 5) is 16.5. The molecule has 1 aliphatic rings. The summed E-state index contributed by atoms with van der Waals surface area (Å²) in [5, 5.41) is 5.79. The third-order valence-corrected chi connectivity index (χ3v) is 4.28. The molecule has 1 aliphatic heterocycles. The van der Waals surface area contributed by atoms with E-state index in [0.717, 1.165) is 29.7 Å². The Kier molecular flexibility index (Phi) is 5.60. The van der Waals surface area contributed by atoms with E-state index in [0.29, 0.717) is 13.2 Å². The fourth-order valence-electron chi connectivity index (χ4n) is 2.90. The van der Waals surface area contributed by atoms with Crippen molar-refractivity contribution in [3.05, 3.63) is 65.2 Å². The SMILES string of the molecule is Cc1ccc(CNC(=O)NC(c2ccc(F)cc2)C2CCCO2)cn1. The molecule has 0 saturated carbocycles. The number of urea groups is 1. The predicted octanol–water partition coefficient (Wildman–Crippen LogP) is 3.25. The van der Waals surface area contributed by atoms with Crippen LogP contribution in [0.1, 0.15) is 35.7 Å². The highest BCUT2D eigenvalue weighted by Crippen LogP contribution is 2.27. The molecule has 0 aliphatic carbocycles. The van der Waals surface area contributed by atoms with Gasteiger partial charge in [0.25, 0.3) is 0 Å². The van der Waals surface area contributed by atoms with E-state index in [9.17, 15) is 9.18 Å². The van der Waals surface area contributed by atoms with Gasteiger partial charge in [-0.3, -0.25) is 4.98 Å². The Balaban J connectivity index is 1.63. The lowest BCUT2D eigenvalue weighted by molar-refractivity contribution is 0.0807. The summed E-state index contributed by atoms with van der Waals surface area (Å²) in [6, 6.07) is 9.41. The lowest BCUT2D eigenvalue weighted by Crippen LogP contribution is -2.42. The van der Waals surface area contributed by atoms with Gasteiger partial charge >= 0.3 is 6.03 Å². The van der Waals surface area contributed by atoms with Crippen molar-refractivity contribution in [1.29, 1.82) is 0 Å². The Morgan fingerprint density at radius 3 is 2.76 bits per heavy atom. The molecule has 2 aromatic rings. The Morgan fingerprint density at radius 1 is 1.32 bits per heavy atom. The largest absolute Gasteiger partial charge is 0.376 e. The van der Waals surface area contributed by atoms with Crippen molar-refractivity contribution >= 4 is 6.03 Å². The molecule has 132 valence electrons. The summed E-state index contributed by atoms with van der Waals surface area (Å²) in [6.07, 6.45) is 3.47. The van der Waals surface area contributed by atoms with Gasteiger partial charge < -0.3 is 15.4 Å². The quantitative estimate of drug-likeness (QED) is 0.876. The van der Waals surface area contributed by atoms with Gasteiger partial charge in [-0.25, -0.2) is 9.18 Å². The zero-order chi connectivity index (χ0) is 17.6. The molecule has 25 heavy (non-hydrogen) atoms. The Labute approximate surface area is 146 Å². The zero-order valence-corrected chi connectivity index (χ0v) is 14.2. The van der Waals surface area contributed by atoms with Gasteiger partial charge in [0.2, 0.25) is 0 Å². The van der Waals surface area contributed by atoms with Gasteiger partial charge in [0, 0.05) is 25.0 Å². The van der Waals surface area contributed by atoms with Crippen LogP contribution in [0.3, 0.4) is 0 Å². The Bertz CT molecular complexity index is 698. The molecular weight excluding hydrogens is 321 g/mol. The van der Waals surface area contributed by atoms with E-state index in [1.165, 1.54) is 12.1 Å². The number of aryl methyl sites for hydroxylation is 1. The van der Waals surface area contributed by atoms with Gasteiger partial charge in [-0.1, -0.05) is 18.2 Å². The van der Waals surface area contributed by atoms with E-state index >= 15 is 0 Å². The molecule has 0 spiro atoms. The number of ether oxygens (including phenoxy) is 1. The topological polar surface area (TPSA) is 63.2 Å². The van der Waals surface area contributed by atoms with Gasteiger partial charge in [0.05, 0.1) is 12.1 Å². The predicted molar refractivity (Wildman–Crippen MR) is 92.5 cm³/mol. The van der Waals surface area contributed by atoms with Gasteiger partial charge in [0.1, 0.15) is 5.82 Å². The molecule has 3 rings (SSSR count). The van der Waals surface area contributed by atoms with Crippen molar-refractivity contribution in [3.63, 3.8) is 0 Å². The minimum atomic E-state index is -0.306. The second-order valence-corrected chi connectivity index (χ2v) is 6.22. The van der Waals surface area contributed by atoms with Gasteiger partial charge in [-0.15, -0.1) is 0 Å². The monoisotopic (exact) mass is 343 g/mol. The van der Waals surface area contributed by atoms with Crippen LogP contribution in [0.25, 0.3) is 0 Å². The summed E-state index contributed by atoms with van der Waals surface area (Å²) in [6.45, 7) is 2.99. The number of carbonyl (C=O) groups is 1. The molecule has 2 unspecified atom stereocenters. The van der Waals surface area contributed by atoms with Crippen molar-refractivity contribution in [1.82, 2.24) is 15.6 Å². The second-order valence-electron chi connectivity index (χ2n) is 6.22. The van der Waals surface area contributed by atoms with Crippen molar-refractivity contribution in [2.24, 2.45) is 0 Å². The number of nitrogens with zero attached hydrogens (tertiary/aromatic N) is 1. The van der Waals surface area contributed by atoms with Crippen molar-refractivity contribution in [2.75, 3.05) is 6.61 Å². The summed E-state index contributed by atoms with van der Waals surface area (Å²) in [7, 11) is 0.